The molecule has 1 atom stereocenters. The summed E-state index contributed by atoms with van der Waals surface area (Å²) in [5, 5.41) is 3.66. The van der Waals surface area contributed by atoms with Crippen molar-refractivity contribution in [2.24, 2.45) is 10.7 Å². The van der Waals surface area contributed by atoms with E-state index in [1.807, 2.05) is 37.3 Å². The summed E-state index contributed by atoms with van der Waals surface area (Å²) < 4.78 is 0. The molecule has 1 aliphatic rings. The molecular formula is C20H21ClN4OS. The summed E-state index contributed by atoms with van der Waals surface area (Å²) in [6.45, 7) is 4.00. The van der Waals surface area contributed by atoms with Crippen LogP contribution in [-0.2, 0) is 10.3 Å². The molecule has 0 aliphatic carbocycles. The van der Waals surface area contributed by atoms with Crippen molar-refractivity contribution in [2.45, 2.75) is 25.8 Å². The first-order valence-electron chi connectivity index (χ1n) is 8.56. The maximum atomic E-state index is 12.2. The first-order valence-corrected chi connectivity index (χ1v) is 9.92. The maximum absolute atomic E-state index is 12.2. The number of halogens is 1. The topological polar surface area (TPSA) is 80.4 Å². The van der Waals surface area contributed by atoms with Gasteiger partial charge in [-0.2, -0.15) is 0 Å². The monoisotopic (exact) mass is 400 g/mol. The van der Waals surface area contributed by atoms with Gasteiger partial charge in [-0.25, -0.2) is 4.98 Å². The number of benzene rings is 1. The maximum Gasteiger partial charge on any atom is 0.251 e. The van der Waals surface area contributed by atoms with E-state index in [1.165, 1.54) is 6.08 Å². The highest BCUT2D eigenvalue weighted by Crippen LogP contribution is 2.36. The second-order valence-electron chi connectivity index (χ2n) is 6.61. The highest BCUT2D eigenvalue weighted by atomic mass is 35.5. The molecule has 0 radical (unpaired) electrons. The smallest absolute Gasteiger partial charge is 0.251 e. The largest absolute Gasteiger partial charge is 0.379 e. The van der Waals surface area contributed by atoms with Gasteiger partial charge in [0.25, 0.3) is 5.91 Å². The van der Waals surface area contributed by atoms with Crippen LogP contribution in [0.4, 0.5) is 5.82 Å². The Morgan fingerprint density at radius 3 is 2.89 bits per heavy atom. The van der Waals surface area contributed by atoms with E-state index in [9.17, 15) is 4.79 Å². The van der Waals surface area contributed by atoms with Gasteiger partial charge in [-0.3, -0.25) is 9.79 Å². The average Bonchev–Trinajstić information content (AvgIpc) is 2.63. The second-order valence-corrected chi connectivity index (χ2v) is 8.13. The van der Waals surface area contributed by atoms with Crippen LogP contribution in [0.3, 0.4) is 0 Å². The van der Waals surface area contributed by atoms with Crippen molar-refractivity contribution in [2.75, 3.05) is 11.1 Å². The molecule has 1 aromatic carbocycles. The number of carbonyl (C=O) groups is 1. The van der Waals surface area contributed by atoms with Gasteiger partial charge < -0.3 is 11.1 Å². The third kappa shape index (κ3) is 4.90. The lowest BCUT2D eigenvalue weighted by Crippen LogP contribution is -2.28. The highest BCUT2D eigenvalue weighted by Gasteiger charge is 2.29. The summed E-state index contributed by atoms with van der Waals surface area (Å²) in [4.78, 5) is 21.0. The molecule has 7 heteroatoms. The van der Waals surface area contributed by atoms with Crippen LogP contribution in [0.5, 0.6) is 0 Å². The Labute approximate surface area is 168 Å². The summed E-state index contributed by atoms with van der Waals surface area (Å²) in [6, 6.07) is 11.4. The quantitative estimate of drug-likeness (QED) is 0.751. The van der Waals surface area contributed by atoms with Gasteiger partial charge in [-0.15, -0.1) is 0 Å². The van der Waals surface area contributed by atoms with Crippen molar-refractivity contribution < 1.29 is 4.79 Å². The van der Waals surface area contributed by atoms with E-state index in [-0.39, 0.29) is 11.4 Å². The molecule has 0 bridgehead atoms. The number of aliphatic imine (C=N–C) groups is 1. The van der Waals surface area contributed by atoms with Crippen LogP contribution in [0.1, 0.15) is 30.0 Å². The van der Waals surface area contributed by atoms with Crippen molar-refractivity contribution in [1.29, 1.82) is 0 Å². The number of carbonyl (C=O) groups excluding carboxylic acids is 1. The van der Waals surface area contributed by atoms with Gasteiger partial charge in [-0.1, -0.05) is 47.6 Å². The fourth-order valence-corrected chi connectivity index (χ4v) is 3.99. The number of nitrogens with zero attached hydrogens (tertiary/aromatic N) is 2. The van der Waals surface area contributed by atoms with E-state index in [4.69, 9.17) is 17.3 Å². The lowest BCUT2D eigenvalue weighted by Gasteiger charge is -2.30. The minimum absolute atomic E-state index is 0.329. The second kappa shape index (κ2) is 8.15. The molecule has 27 heavy (non-hydrogen) atoms. The number of aryl methyl sites for hydroxylation is 1. The number of nitrogens with one attached hydrogen (secondary N) is 1. The normalized spacial score (nSPS) is 20.1. The number of hydrogen-bond donors (Lipinski definition) is 2. The Kier molecular flexibility index (Phi) is 5.87. The van der Waals surface area contributed by atoms with Crippen molar-refractivity contribution in [3.8, 4) is 0 Å². The van der Waals surface area contributed by atoms with Gasteiger partial charge in [-0.05, 0) is 49.1 Å². The van der Waals surface area contributed by atoms with Gasteiger partial charge in [0, 0.05) is 18.0 Å². The van der Waals surface area contributed by atoms with Crippen LogP contribution in [-0.4, -0.2) is 21.8 Å². The van der Waals surface area contributed by atoms with E-state index in [1.54, 1.807) is 24.0 Å². The molecule has 0 spiro atoms. The van der Waals surface area contributed by atoms with Gasteiger partial charge in [0.1, 0.15) is 5.82 Å². The van der Waals surface area contributed by atoms with Gasteiger partial charge in [0.2, 0.25) is 0 Å². The summed E-state index contributed by atoms with van der Waals surface area (Å²) in [5.74, 6) is 1.08. The van der Waals surface area contributed by atoms with Crippen LogP contribution in [0.25, 0.3) is 5.03 Å². The number of nitrogens with two attached hydrogens (primary N) is 1. The number of thioether (sulfide) groups is 1. The lowest BCUT2D eigenvalue weighted by atomic mass is 9.89. The number of amidine groups is 1. The van der Waals surface area contributed by atoms with Gasteiger partial charge in [0.15, 0.2) is 5.17 Å². The van der Waals surface area contributed by atoms with Crippen LogP contribution >= 0.6 is 23.4 Å². The number of aromatic nitrogens is 1. The lowest BCUT2D eigenvalue weighted by molar-refractivity contribution is -0.111. The van der Waals surface area contributed by atoms with E-state index in [2.05, 4.69) is 22.2 Å². The fraction of sp³-hybridized carbons (Fsp3) is 0.250. The van der Waals surface area contributed by atoms with Crippen LogP contribution < -0.4 is 11.1 Å². The SMILES string of the molecule is Cc1ccc(NC(=O)/C=C(\Cl)c2cccc(C3(C)CCSC(N)=N3)c2)nc1. The summed E-state index contributed by atoms with van der Waals surface area (Å²) in [7, 11) is 0. The van der Waals surface area contributed by atoms with E-state index in [0.29, 0.717) is 16.0 Å². The summed E-state index contributed by atoms with van der Waals surface area (Å²) in [5.41, 5.74) is 8.34. The van der Waals surface area contributed by atoms with Crippen LogP contribution in [0, 0.1) is 6.92 Å². The molecule has 0 saturated heterocycles. The molecular weight excluding hydrogens is 380 g/mol. The Balaban J connectivity index is 1.79. The zero-order valence-corrected chi connectivity index (χ0v) is 16.8. The number of rotatable bonds is 4. The van der Waals surface area contributed by atoms with Crippen molar-refractivity contribution in [1.82, 2.24) is 4.98 Å². The van der Waals surface area contributed by atoms with Gasteiger partial charge >= 0.3 is 0 Å². The molecule has 5 nitrogen and oxygen atoms in total. The third-order valence-corrected chi connectivity index (χ3v) is 5.50. The highest BCUT2D eigenvalue weighted by molar-refractivity contribution is 8.13. The van der Waals surface area contributed by atoms with Crippen LogP contribution in [0.2, 0.25) is 0 Å². The zero-order valence-electron chi connectivity index (χ0n) is 15.2. The predicted molar refractivity (Wildman–Crippen MR) is 114 cm³/mol. The molecule has 0 saturated carbocycles. The molecule has 1 unspecified atom stereocenters. The van der Waals surface area contributed by atoms with E-state index in [0.717, 1.165) is 28.9 Å². The third-order valence-electron chi connectivity index (χ3n) is 4.38. The molecule has 3 N–H and O–H groups in total. The van der Waals surface area contributed by atoms with E-state index >= 15 is 0 Å². The van der Waals surface area contributed by atoms with Crippen molar-refractivity contribution in [3.63, 3.8) is 0 Å². The molecule has 1 amide bonds. The number of anilines is 1. The molecule has 3 rings (SSSR count). The Morgan fingerprint density at radius 2 is 2.19 bits per heavy atom. The summed E-state index contributed by atoms with van der Waals surface area (Å²) in [6.07, 6.45) is 3.95. The first kappa shape index (κ1) is 19.5. The van der Waals surface area contributed by atoms with Gasteiger partial charge in [0.05, 0.1) is 10.6 Å². The molecule has 2 aromatic rings. The number of pyridine rings is 1. The fourth-order valence-electron chi connectivity index (χ4n) is 2.80. The molecule has 140 valence electrons. The van der Waals surface area contributed by atoms with Crippen LogP contribution in [0.15, 0.2) is 53.7 Å². The zero-order chi connectivity index (χ0) is 19.4. The predicted octanol–water partition coefficient (Wildman–Crippen LogP) is 4.28. The Hall–Kier alpha value is -2.31. The standard InChI is InChI=1S/C20H21ClN4OS/c1-13-6-7-17(23-12-13)24-18(26)11-16(21)14-4-3-5-15(10-14)20(2)8-9-27-19(22)25-20/h3-7,10-12H,8-9H2,1-2H3,(H2,22,25)(H,23,24,26)/b16-11-. The van der Waals surface area contributed by atoms with Crippen molar-refractivity contribution >= 4 is 45.3 Å². The molecule has 0 fully saturated rings. The number of amides is 1. The van der Waals surface area contributed by atoms with E-state index < -0.39 is 0 Å². The number of hydrogen-bond acceptors (Lipinski definition) is 5. The average molecular weight is 401 g/mol. The molecule has 2 heterocycles. The summed E-state index contributed by atoms with van der Waals surface area (Å²) >= 11 is 7.96. The van der Waals surface area contributed by atoms with Crippen molar-refractivity contribution in [3.05, 3.63) is 65.4 Å². The minimum Gasteiger partial charge on any atom is -0.379 e. The molecule has 1 aliphatic heterocycles. The molecule has 1 aromatic heterocycles. The Morgan fingerprint density at radius 1 is 1.37 bits per heavy atom. The first-order chi connectivity index (χ1) is 12.9. The minimum atomic E-state index is -0.378. The Bertz CT molecular complexity index is 910.